The van der Waals surface area contributed by atoms with Gasteiger partial charge in [0.15, 0.2) is 5.78 Å². The minimum atomic E-state index is -0.0311. The van der Waals surface area contributed by atoms with Crippen LogP contribution in [0, 0.1) is 0 Å². The number of ketones is 1. The monoisotopic (exact) mass is 294 g/mol. The van der Waals surface area contributed by atoms with E-state index in [4.69, 9.17) is 0 Å². The molecule has 1 atom stereocenters. The van der Waals surface area contributed by atoms with Gasteiger partial charge in [-0.15, -0.1) is 0 Å². The lowest BCUT2D eigenvalue weighted by atomic mass is 10.0. The molecule has 2 heterocycles. The van der Waals surface area contributed by atoms with Gasteiger partial charge in [0, 0.05) is 37.0 Å². The molecule has 0 N–H and O–H groups in total. The Morgan fingerprint density at radius 2 is 1.86 bits per heavy atom. The molecule has 22 heavy (non-hydrogen) atoms. The first-order valence-corrected chi connectivity index (χ1v) is 7.55. The van der Waals surface area contributed by atoms with Crippen molar-refractivity contribution in [3.63, 3.8) is 0 Å². The fourth-order valence-corrected chi connectivity index (χ4v) is 2.93. The van der Waals surface area contributed by atoms with Crippen molar-refractivity contribution in [3.8, 4) is 0 Å². The van der Waals surface area contributed by atoms with E-state index in [2.05, 4.69) is 4.98 Å². The van der Waals surface area contributed by atoms with E-state index in [1.165, 1.54) is 0 Å². The van der Waals surface area contributed by atoms with Gasteiger partial charge in [-0.3, -0.25) is 14.6 Å². The Labute approximate surface area is 129 Å². The number of rotatable bonds is 4. The summed E-state index contributed by atoms with van der Waals surface area (Å²) < 4.78 is 0. The number of nitrogens with zero attached hydrogens (tertiary/aromatic N) is 2. The summed E-state index contributed by atoms with van der Waals surface area (Å²) in [6, 6.07) is 12.8. The highest BCUT2D eigenvalue weighted by atomic mass is 16.2. The van der Waals surface area contributed by atoms with Crippen LogP contribution in [0.1, 0.15) is 40.0 Å². The lowest BCUT2D eigenvalue weighted by molar-refractivity contribution is 0.0716. The molecule has 0 saturated carbocycles. The van der Waals surface area contributed by atoms with E-state index in [0.29, 0.717) is 24.1 Å². The highest BCUT2D eigenvalue weighted by molar-refractivity contribution is 5.98. The third kappa shape index (κ3) is 3.06. The Hall–Kier alpha value is -2.49. The Morgan fingerprint density at radius 1 is 1.09 bits per heavy atom. The number of carbonyl (C=O) groups is 2. The number of carbonyl (C=O) groups excluding carboxylic acids is 2. The molecule has 1 aliphatic rings. The molecule has 1 saturated heterocycles. The third-order valence-corrected chi connectivity index (χ3v) is 4.06. The van der Waals surface area contributed by atoms with E-state index in [9.17, 15) is 9.59 Å². The molecule has 0 spiro atoms. The third-order valence-electron chi connectivity index (χ3n) is 4.06. The first-order chi connectivity index (χ1) is 10.8. The van der Waals surface area contributed by atoms with Crippen LogP contribution in [0.25, 0.3) is 0 Å². The zero-order valence-electron chi connectivity index (χ0n) is 12.3. The average molecular weight is 294 g/mol. The summed E-state index contributed by atoms with van der Waals surface area (Å²) in [5.74, 6) is 0.0629. The highest BCUT2D eigenvalue weighted by Gasteiger charge is 2.31. The van der Waals surface area contributed by atoms with Crippen LogP contribution in [-0.2, 0) is 0 Å². The summed E-state index contributed by atoms with van der Waals surface area (Å²) in [7, 11) is 0. The highest BCUT2D eigenvalue weighted by Crippen LogP contribution is 2.23. The summed E-state index contributed by atoms with van der Waals surface area (Å²) >= 11 is 0. The van der Waals surface area contributed by atoms with E-state index in [1.807, 2.05) is 35.2 Å². The molecule has 1 aromatic heterocycles. The van der Waals surface area contributed by atoms with Gasteiger partial charge in [-0.2, -0.15) is 0 Å². The normalized spacial score (nSPS) is 17.5. The number of amides is 1. The molecule has 3 rings (SSSR count). The topological polar surface area (TPSA) is 50.3 Å². The smallest absolute Gasteiger partial charge is 0.255 e. The largest absolute Gasteiger partial charge is 0.335 e. The second-order valence-corrected chi connectivity index (χ2v) is 5.53. The van der Waals surface area contributed by atoms with Crippen LogP contribution in [0.4, 0.5) is 0 Å². The predicted molar refractivity (Wildman–Crippen MR) is 83.7 cm³/mol. The SMILES string of the molecule is O=C(CC1CCCN1C(=O)c1cccnc1)c1ccccc1. The molecule has 0 bridgehead atoms. The van der Waals surface area contributed by atoms with Crippen LogP contribution in [-0.4, -0.2) is 34.2 Å². The molecule has 1 unspecified atom stereocenters. The molecular weight excluding hydrogens is 276 g/mol. The van der Waals surface area contributed by atoms with Crippen molar-refractivity contribution in [3.05, 3.63) is 66.0 Å². The van der Waals surface area contributed by atoms with Crippen molar-refractivity contribution in [1.82, 2.24) is 9.88 Å². The van der Waals surface area contributed by atoms with Gasteiger partial charge in [-0.1, -0.05) is 30.3 Å². The second-order valence-electron chi connectivity index (χ2n) is 5.53. The Kier molecular flexibility index (Phi) is 4.28. The molecule has 2 aromatic rings. The van der Waals surface area contributed by atoms with E-state index in [0.717, 1.165) is 12.8 Å². The van der Waals surface area contributed by atoms with Crippen LogP contribution in [0.15, 0.2) is 54.9 Å². The van der Waals surface area contributed by atoms with Crippen LogP contribution in [0.3, 0.4) is 0 Å². The van der Waals surface area contributed by atoms with Crippen molar-refractivity contribution in [2.45, 2.75) is 25.3 Å². The summed E-state index contributed by atoms with van der Waals surface area (Å²) in [6.45, 7) is 0.709. The molecule has 1 fully saturated rings. The van der Waals surface area contributed by atoms with Gasteiger partial charge < -0.3 is 4.90 Å². The standard InChI is InChI=1S/C18H18N2O2/c21-17(14-6-2-1-3-7-14)12-16-9-5-11-20(16)18(22)15-8-4-10-19-13-15/h1-4,6-8,10,13,16H,5,9,11-12H2. The summed E-state index contributed by atoms with van der Waals surface area (Å²) in [4.78, 5) is 30.7. The van der Waals surface area contributed by atoms with E-state index in [-0.39, 0.29) is 17.7 Å². The predicted octanol–water partition coefficient (Wildman–Crippen LogP) is 2.96. The van der Waals surface area contributed by atoms with Crippen molar-refractivity contribution in [1.29, 1.82) is 0 Å². The van der Waals surface area contributed by atoms with Gasteiger partial charge in [-0.25, -0.2) is 0 Å². The number of hydrogen-bond donors (Lipinski definition) is 0. The van der Waals surface area contributed by atoms with E-state index >= 15 is 0 Å². The lowest BCUT2D eigenvalue weighted by Gasteiger charge is -2.24. The maximum absolute atomic E-state index is 12.5. The van der Waals surface area contributed by atoms with Crippen molar-refractivity contribution < 1.29 is 9.59 Å². The number of hydrogen-bond acceptors (Lipinski definition) is 3. The van der Waals surface area contributed by atoms with Gasteiger partial charge in [0.1, 0.15) is 0 Å². The molecule has 1 amide bonds. The fraction of sp³-hybridized carbons (Fsp3) is 0.278. The van der Waals surface area contributed by atoms with Gasteiger partial charge in [0.2, 0.25) is 0 Å². The molecule has 4 heteroatoms. The molecule has 0 aliphatic carbocycles. The van der Waals surface area contributed by atoms with Crippen LogP contribution >= 0.6 is 0 Å². The first-order valence-electron chi connectivity index (χ1n) is 7.55. The summed E-state index contributed by atoms with van der Waals surface area (Å²) in [5.41, 5.74) is 1.30. The Morgan fingerprint density at radius 3 is 2.59 bits per heavy atom. The van der Waals surface area contributed by atoms with Crippen LogP contribution in [0.2, 0.25) is 0 Å². The number of likely N-dealkylation sites (tertiary alicyclic amines) is 1. The number of pyridine rings is 1. The van der Waals surface area contributed by atoms with Crippen LogP contribution < -0.4 is 0 Å². The summed E-state index contributed by atoms with van der Waals surface area (Å²) in [5, 5.41) is 0. The fourth-order valence-electron chi connectivity index (χ4n) is 2.93. The quantitative estimate of drug-likeness (QED) is 0.815. The van der Waals surface area contributed by atoms with E-state index < -0.39 is 0 Å². The second kappa shape index (κ2) is 6.52. The summed E-state index contributed by atoms with van der Waals surface area (Å²) in [6.07, 6.45) is 5.44. The van der Waals surface area contributed by atoms with Gasteiger partial charge in [0.25, 0.3) is 5.91 Å². The van der Waals surface area contributed by atoms with Gasteiger partial charge in [-0.05, 0) is 25.0 Å². The Balaban J connectivity index is 1.71. The van der Waals surface area contributed by atoms with E-state index in [1.54, 1.807) is 24.5 Å². The molecule has 1 aromatic carbocycles. The van der Waals surface area contributed by atoms with Crippen molar-refractivity contribution >= 4 is 11.7 Å². The van der Waals surface area contributed by atoms with Crippen molar-refractivity contribution in [2.24, 2.45) is 0 Å². The van der Waals surface area contributed by atoms with Gasteiger partial charge in [0.05, 0.1) is 5.56 Å². The molecule has 112 valence electrons. The Bertz CT molecular complexity index is 655. The van der Waals surface area contributed by atoms with Gasteiger partial charge >= 0.3 is 0 Å². The van der Waals surface area contributed by atoms with Crippen LogP contribution in [0.5, 0.6) is 0 Å². The molecule has 1 aliphatic heterocycles. The molecule has 0 radical (unpaired) electrons. The zero-order valence-corrected chi connectivity index (χ0v) is 12.3. The molecule has 4 nitrogen and oxygen atoms in total. The minimum Gasteiger partial charge on any atom is -0.335 e. The number of aromatic nitrogens is 1. The minimum absolute atomic E-state index is 0.0135. The first kappa shape index (κ1) is 14.4. The maximum Gasteiger partial charge on any atom is 0.255 e. The lowest BCUT2D eigenvalue weighted by Crippen LogP contribution is -2.36. The number of Topliss-reactive ketones (excluding diaryl/α,β-unsaturated/α-hetero) is 1. The number of benzene rings is 1. The van der Waals surface area contributed by atoms with Crippen molar-refractivity contribution in [2.75, 3.05) is 6.54 Å². The molecular formula is C18H18N2O2. The average Bonchev–Trinajstić information content (AvgIpc) is 3.04. The zero-order chi connectivity index (χ0) is 15.4. The maximum atomic E-state index is 12.5.